The molecular weight excluding hydrogens is 350 g/mol. The SMILES string of the molecule is Cc1cc(OC2CCCCC2)c(CN2CCC(C(=O)O)CC2)c2ccccc12. The summed E-state index contributed by atoms with van der Waals surface area (Å²) < 4.78 is 6.56. The molecule has 4 rings (SSSR count). The molecule has 1 N–H and O–H groups in total. The van der Waals surface area contributed by atoms with Crippen LogP contribution in [0.15, 0.2) is 30.3 Å². The highest BCUT2D eigenvalue weighted by molar-refractivity contribution is 5.90. The Labute approximate surface area is 167 Å². The molecule has 2 aromatic rings. The van der Waals surface area contributed by atoms with Crippen molar-refractivity contribution in [2.24, 2.45) is 5.92 Å². The van der Waals surface area contributed by atoms with Gasteiger partial charge in [-0.15, -0.1) is 0 Å². The maximum Gasteiger partial charge on any atom is 0.306 e. The number of rotatable bonds is 5. The Hall–Kier alpha value is -2.07. The topological polar surface area (TPSA) is 49.8 Å². The van der Waals surface area contributed by atoms with Gasteiger partial charge in [-0.2, -0.15) is 0 Å². The van der Waals surface area contributed by atoms with E-state index in [1.807, 2.05) is 0 Å². The number of piperidine rings is 1. The molecule has 0 amide bonds. The number of nitrogens with zero attached hydrogens (tertiary/aromatic N) is 1. The summed E-state index contributed by atoms with van der Waals surface area (Å²) in [5, 5.41) is 11.8. The number of carboxylic acid groups (broad SMARTS) is 1. The molecule has 2 aromatic carbocycles. The molecule has 0 aromatic heterocycles. The largest absolute Gasteiger partial charge is 0.490 e. The number of aryl methyl sites for hydroxylation is 1. The molecule has 2 fully saturated rings. The lowest BCUT2D eigenvalue weighted by molar-refractivity contribution is -0.143. The molecule has 28 heavy (non-hydrogen) atoms. The molecule has 4 nitrogen and oxygen atoms in total. The van der Waals surface area contributed by atoms with Gasteiger partial charge in [0.1, 0.15) is 5.75 Å². The van der Waals surface area contributed by atoms with E-state index < -0.39 is 5.97 Å². The number of hydrogen-bond acceptors (Lipinski definition) is 3. The predicted octanol–water partition coefficient (Wildman–Crippen LogP) is 5.16. The minimum absolute atomic E-state index is 0.191. The molecule has 1 aliphatic carbocycles. The van der Waals surface area contributed by atoms with Crippen molar-refractivity contribution in [1.82, 2.24) is 4.90 Å². The lowest BCUT2D eigenvalue weighted by Crippen LogP contribution is -2.36. The standard InChI is InChI=1S/C24H31NO3/c1-17-15-23(28-19-7-3-2-4-8-19)22(21-10-6-5-9-20(17)21)16-25-13-11-18(12-14-25)24(26)27/h5-6,9-10,15,18-19H,2-4,7-8,11-14,16H2,1H3,(H,26,27). The van der Waals surface area contributed by atoms with E-state index in [1.54, 1.807) is 0 Å². The first kappa shape index (κ1) is 19.3. The highest BCUT2D eigenvalue weighted by atomic mass is 16.5. The van der Waals surface area contributed by atoms with Crippen molar-refractivity contribution in [3.63, 3.8) is 0 Å². The number of carbonyl (C=O) groups is 1. The van der Waals surface area contributed by atoms with Crippen LogP contribution in [0.2, 0.25) is 0 Å². The van der Waals surface area contributed by atoms with E-state index >= 15 is 0 Å². The van der Waals surface area contributed by atoms with Crippen LogP contribution in [0.4, 0.5) is 0 Å². The number of fused-ring (bicyclic) bond motifs is 1. The summed E-state index contributed by atoms with van der Waals surface area (Å²) in [6.45, 7) is 4.66. The molecule has 1 saturated heterocycles. The average Bonchev–Trinajstić information content (AvgIpc) is 2.72. The molecule has 4 heteroatoms. The van der Waals surface area contributed by atoms with Crippen molar-refractivity contribution in [2.75, 3.05) is 13.1 Å². The van der Waals surface area contributed by atoms with Crippen molar-refractivity contribution in [3.05, 3.63) is 41.5 Å². The molecule has 0 radical (unpaired) electrons. The zero-order valence-corrected chi connectivity index (χ0v) is 16.8. The van der Waals surface area contributed by atoms with E-state index in [4.69, 9.17) is 4.74 Å². The number of benzene rings is 2. The van der Waals surface area contributed by atoms with Gasteiger partial charge in [0.2, 0.25) is 0 Å². The van der Waals surface area contributed by atoms with Crippen LogP contribution in [0.5, 0.6) is 5.75 Å². The van der Waals surface area contributed by atoms with Crippen LogP contribution in [0, 0.1) is 12.8 Å². The van der Waals surface area contributed by atoms with Crippen molar-refractivity contribution < 1.29 is 14.6 Å². The number of ether oxygens (including phenoxy) is 1. The zero-order valence-electron chi connectivity index (χ0n) is 16.8. The Bertz CT molecular complexity index is 833. The molecular formula is C24H31NO3. The third-order valence-electron chi connectivity index (χ3n) is 6.49. The fraction of sp³-hybridized carbons (Fsp3) is 0.542. The van der Waals surface area contributed by atoms with Gasteiger partial charge in [0.25, 0.3) is 0 Å². The monoisotopic (exact) mass is 381 g/mol. The van der Waals surface area contributed by atoms with Gasteiger partial charge in [0.05, 0.1) is 12.0 Å². The summed E-state index contributed by atoms with van der Waals surface area (Å²) in [5.41, 5.74) is 2.52. The summed E-state index contributed by atoms with van der Waals surface area (Å²) >= 11 is 0. The van der Waals surface area contributed by atoms with Crippen molar-refractivity contribution in [2.45, 2.75) is 64.5 Å². The minimum Gasteiger partial charge on any atom is -0.490 e. The molecule has 1 heterocycles. The Balaban J connectivity index is 1.61. The van der Waals surface area contributed by atoms with Gasteiger partial charge in [-0.1, -0.05) is 30.7 Å². The van der Waals surface area contributed by atoms with E-state index in [0.717, 1.165) is 51.1 Å². The minimum atomic E-state index is -0.651. The van der Waals surface area contributed by atoms with Crippen molar-refractivity contribution in [1.29, 1.82) is 0 Å². The second kappa shape index (κ2) is 8.52. The molecule has 0 bridgehead atoms. The Morgan fingerprint density at radius 3 is 2.43 bits per heavy atom. The van der Waals surface area contributed by atoms with Crippen LogP contribution in [0.3, 0.4) is 0 Å². The number of aliphatic carboxylic acids is 1. The normalized spacial score (nSPS) is 19.8. The number of carboxylic acids is 1. The Morgan fingerprint density at radius 1 is 1.07 bits per heavy atom. The van der Waals surface area contributed by atoms with Crippen LogP contribution < -0.4 is 4.74 Å². The quantitative estimate of drug-likeness (QED) is 0.777. The zero-order chi connectivity index (χ0) is 19.5. The predicted molar refractivity (Wildman–Crippen MR) is 112 cm³/mol. The van der Waals surface area contributed by atoms with Crippen molar-refractivity contribution >= 4 is 16.7 Å². The van der Waals surface area contributed by atoms with Gasteiger partial charge in [0.15, 0.2) is 0 Å². The lowest BCUT2D eigenvalue weighted by Gasteiger charge is -2.32. The first-order valence-corrected chi connectivity index (χ1v) is 10.7. The highest BCUT2D eigenvalue weighted by Crippen LogP contribution is 2.35. The van der Waals surface area contributed by atoms with E-state index in [0.29, 0.717) is 6.10 Å². The number of likely N-dealkylation sites (tertiary alicyclic amines) is 1. The first-order valence-electron chi connectivity index (χ1n) is 10.7. The Kier molecular flexibility index (Phi) is 5.86. The molecule has 0 atom stereocenters. The van der Waals surface area contributed by atoms with Crippen LogP contribution in [-0.2, 0) is 11.3 Å². The molecule has 2 aliphatic rings. The van der Waals surface area contributed by atoms with E-state index in [9.17, 15) is 9.90 Å². The second-order valence-electron chi connectivity index (χ2n) is 8.48. The smallest absolute Gasteiger partial charge is 0.306 e. The second-order valence-corrected chi connectivity index (χ2v) is 8.48. The van der Waals surface area contributed by atoms with Gasteiger partial charge in [0, 0.05) is 12.1 Å². The lowest BCUT2D eigenvalue weighted by atomic mass is 9.94. The highest BCUT2D eigenvalue weighted by Gasteiger charge is 2.26. The maximum absolute atomic E-state index is 11.3. The first-order chi connectivity index (χ1) is 13.6. The summed E-state index contributed by atoms with van der Waals surface area (Å²) in [6, 6.07) is 10.8. The molecule has 150 valence electrons. The fourth-order valence-electron chi connectivity index (χ4n) is 4.78. The summed E-state index contributed by atoms with van der Waals surface area (Å²) in [7, 11) is 0. The molecule has 0 spiro atoms. The maximum atomic E-state index is 11.3. The van der Waals surface area contributed by atoms with Crippen LogP contribution in [0.25, 0.3) is 10.8 Å². The van der Waals surface area contributed by atoms with Crippen molar-refractivity contribution in [3.8, 4) is 5.75 Å². The van der Waals surface area contributed by atoms with E-state index in [2.05, 4.69) is 42.2 Å². The number of hydrogen-bond donors (Lipinski definition) is 1. The average molecular weight is 382 g/mol. The van der Waals surface area contributed by atoms with Gasteiger partial charge < -0.3 is 9.84 Å². The molecule has 1 saturated carbocycles. The van der Waals surface area contributed by atoms with Gasteiger partial charge in [-0.05, 0) is 80.9 Å². The third kappa shape index (κ3) is 4.17. The Morgan fingerprint density at radius 2 is 1.75 bits per heavy atom. The molecule has 1 aliphatic heterocycles. The fourth-order valence-corrected chi connectivity index (χ4v) is 4.78. The van der Waals surface area contributed by atoms with Crippen LogP contribution in [-0.4, -0.2) is 35.2 Å². The van der Waals surface area contributed by atoms with E-state index in [-0.39, 0.29) is 5.92 Å². The third-order valence-corrected chi connectivity index (χ3v) is 6.49. The summed E-state index contributed by atoms with van der Waals surface area (Å²) in [6.07, 6.45) is 7.93. The van der Waals surface area contributed by atoms with Crippen LogP contribution in [0.1, 0.15) is 56.1 Å². The van der Waals surface area contributed by atoms with E-state index in [1.165, 1.54) is 41.2 Å². The molecule has 0 unspecified atom stereocenters. The van der Waals surface area contributed by atoms with Gasteiger partial charge in [-0.25, -0.2) is 0 Å². The van der Waals surface area contributed by atoms with Gasteiger partial charge in [-0.3, -0.25) is 9.69 Å². The summed E-state index contributed by atoms with van der Waals surface area (Å²) in [5.74, 6) is 0.189. The van der Waals surface area contributed by atoms with Gasteiger partial charge >= 0.3 is 5.97 Å². The van der Waals surface area contributed by atoms with Crippen LogP contribution >= 0.6 is 0 Å². The summed E-state index contributed by atoms with van der Waals surface area (Å²) in [4.78, 5) is 13.7.